The number of hydrogen-bond acceptors (Lipinski definition) is 4. The minimum Gasteiger partial charge on any atom is -0.289 e. The predicted molar refractivity (Wildman–Crippen MR) is 65.4 cm³/mol. The standard InChI is InChI=1S/C9H6BrNOS2/c1-13-8-4-6(12)5-2-3-7(10)11-9(5)14-8/h2-4H,1H3. The van der Waals surface area contributed by atoms with Gasteiger partial charge in [0.15, 0.2) is 5.43 Å². The summed E-state index contributed by atoms with van der Waals surface area (Å²) in [6, 6.07) is 5.25. The van der Waals surface area contributed by atoms with Crippen molar-refractivity contribution in [3.05, 3.63) is 33.0 Å². The van der Waals surface area contributed by atoms with Crippen LogP contribution in [-0.4, -0.2) is 11.2 Å². The molecule has 0 unspecified atom stereocenters. The van der Waals surface area contributed by atoms with Gasteiger partial charge in [-0.1, -0.05) is 0 Å². The van der Waals surface area contributed by atoms with Gasteiger partial charge in [0.05, 0.1) is 9.60 Å². The van der Waals surface area contributed by atoms with Crippen molar-refractivity contribution in [1.29, 1.82) is 0 Å². The lowest BCUT2D eigenvalue weighted by Gasteiger charge is -1.98. The second-order valence-electron chi connectivity index (χ2n) is 2.62. The van der Waals surface area contributed by atoms with Crippen molar-refractivity contribution in [2.45, 2.75) is 4.21 Å². The van der Waals surface area contributed by atoms with E-state index in [0.717, 1.165) is 13.6 Å². The van der Waals surface area contributed by atoms with Crippen LogP contribution in [0.2, 0.25) is 0 Å². The third-order valence-electron chi connectivity index (χ3n) is 1.74. The van der Waals surface area contributed by atoms with Gasteiger partial charge in [0.2, 0.25) is 0 Å². The van der Waals surface area contributed by atoms with Crippen LogP contribution >= 0.6 is 39.0 Å². The third kappa shape index (κ3) is 1.85. The van der Waals surface area contributed by atoms with Crippen LogP contribution in [0, 0.1) is 0 Å². The molecule has 0 aliphatic rings. The molecule has 2 aromatic rings. The number of rotatable bonds is 1. The zero-order valence-corrected chi connectivity index (χ0v) is 10.5. The Bertz CT molecular complexity index is 538. The minimum atomic E-state index is 0.0445. The number of halogens is 1. The second kappa shape index (κ2) is 4.00. The molecule has 0 aliphatic heterocycles. The van der Waals surface area contributed by atoms with Crippen LogP contribution in [-0.2, 0) is 0 Å². The molecule has 0 N–H and O–H groups in total. The van der Waals surface area contributed by atoms with Gasteiger partial charge in [0.25, 0.3) is 0 Å². The zero-order valence-electron chi connectivity index (χ0n) is 7.28. The molecule has 14 heavy (non-hydrogen) atoms. The highest BCUT2D eigenvalue weighted by Crippen LogP contribution is 2.25. The molecule has 0 saturated carbocycles. The van der Waals surface area contributed by atoms with E-state index in [1.165, 1.54) is 11.3 Å². The Morgan fingerprint density at radius 3 is 3.00 bits per heavy atom. The van der Waals surface area contributed by atoms with Gasteiger partial charge < -0.3 is 0 Å². The van der Waals surface area contributed by atoms with E-state index < -0.39 is 0 Å². The van der Waals surface area contributed by atoms with Gasteiger partial charge in [0, 0.05) is 6.07 Å². The van der Waals surface area contributed by atoms with Crippen molar-refractivity contribution in [3.63, 3.8) is 0 Å². The molecule has 0 amide bonds. The average Bonchev–Trinajstić information content (AvgIpc) is 2.16. The third-order valence-corrected chi connectivity index (χ3v) is 4.27. The molecule has 0 saturated heterocycles. The first-order valence-electron chi connectivity index (χ1n) is 3.85. The molecule has 0 aromatic carbocycles. The number of aromatic nitrogens is 1. The van der Waals surface area contributed by atoms with Gasteiger partial charge >= 0.3 is 0 Å². The van der Waals surface area contributed by atoms with Crippen LogP contribution < -0.4 is 5.43 Å². The Balaban J connectivity index is 2.84. The molecular weight excluding hydrogens is 282 g/mol. The van der Waals surface area contributed by atoms with E-state index in [1.807, 2.05) is 6.26 Å². The fourth-order valence-electron chi connectivity index (χ4n) is 1.09. The van der Waals surface area contributed by atoms with E-state index in [0.29, 0.717) is 5.39 Å². The van der Waals surface area contributed by atoms with Gasteiger partial charge in [-0.2, -0.15) is 0 Å². The van der Waals surface area contributed by atoms with Gasteiger partial charge in [-0.3, -0.25) is 4.79 Å². The lowest BCUT2D eigenvalue weighted by Crippen LogP contribution is -1.99. The smallest absolute Gasteiger partial charge is 0.190 e. The Morgan fingerprint density at radius 1 is 1.50 bits per heavy atom. The van der Waals surface area contributed by atoms with E-state index in [2.05, 4.69) is 20.9 Å². The minimum absolute atomic E-state index is 0.0445. The maximum absolute atomic E-state index is 11.6. The van der Waals surface area contributed by atoms with Crippen LogP contribution in [0.4, 0.5) is 0 Å². The van der Waals surface area contributed by atoms with Crippen LogP contribution in [0.15, 0.2) is 31.8 Å². The quantitative estimate of drug-likeness (QED) is 0.596. The molecule has 72 valence electrons. The first-order chi connectivity index (χ1) is 6.70. The summed E-state index contributed by atoms with van der Waals surface area (Å²) in [6.07, 6.45) is 1.95. The summed E-state index contributed by atoms with van der Waals surface area (Å²) in [7, 11) is 0. The summed E-state index contributed by atoms with van der Waals surface area (Å²) in [5.41, 5.74) is 0.0445. The van der Waals surface area contributed by atoms with E-state index in [-0.39, 0.29) is 5.43 Å². The number of fused-ring (bicyclic) bond motifs is 1. The Labute approximate surface area is 97.5 Å². The summed E-state index contributed by atoms with van der Waals surface area (Å²) < 4.78 is 1.76. The number of nitrogens with zero attached hydrogens (tertiary/aromatic N) is 1. The molecule has 2 nitrogen and oxygen atoms in total. The van der Waals surface area contributed by atoms with Gasteiger partial charge in [-0.25, -0.2) is 4.98 Å². The maximum atomic E-state index is 11.6. The SMILES string of the molecule is CSc1cc(=O)c2ccc(Br)nc2s1. The number of thioether (sulfide) groups is 1. The van der Waals surface area contributed by atoms with Crippen molar-refractivity contribution in [2.24, 2.45) is 0 Å². The summed E-state index contributed by atoms with van der Waals surface area (Å²) in [5.74, 6) is 0. The van der Waals surface area contributed by atoms with Crippen LogP contribution in [0.25, 0.3) is 10.2 Å². The van der Waals surface area contributed by atoms with Crippen LogP contribution in [0.5, 0.6) is 0 Å². The molecule has 0 bridgehead atoms. The maximum Gasteiger partial charge on any atom is 0.190 e. The van der Waals surface area contributed by atoms with Gasteiger partial charge in [-0.05, 0) is 34.3 Å². The lowest BCUT2D eigenvalue weighted by atomic mass is 10.3. The fraction of sp³-hybridized carbons (Fsp3) is 0.111. The van der Waals surface area contributed by atoms with Crippen LogP contribution in [0.3, 0.4) is 0 Å². The van der Waals surface area contributed by atoms with Crippen LogP contribution in [0.1, 0.15) is 0 Å². The van der Waals surface area contributed by atoms with E-state index >= 15 is 0 Å². The monoisotopic (exact) mass is 287 g/mol. The predicted octanol–water partition coefficient (Wildman–Crippen LogP) is 3.14. The highest BCUT2D eigenvalue weighted by molar-refractivity contribution is 9.10. The zero-order chi connectivity index (χ0) is 10.1. The summed E-state index contributed by atoms with van der Waals surface area (Å²) in [6.45, 7) is 0. The molecule has 0 atom stereocenters. The second-order valence-corrected chi connectivity index (χ2v) is 5.57. The molecule has 0 radical (unpaired) electrons. The number of hydrogen-bond donors (Lipinski definition) is 0. The largest absolute Gasteiger partial charge is 0.289 e. The highest BCUT2D eigenvalue weighted by atomic mass is 79.9. The lowest BCUT2D eigenvalue weighted by molar-refractivity contribution is 1.37. The molecule has 0 spiro atoms. The molecule has 0 aliphatic carbocycles. The summed E-state index contributed by atoms with van der Waals surface area (Å²) >= 11 is 6.39. The van der Waals surface area contributed by atoms with E-state index in [4.69, 9.17) is 0 Å². The topological polar surface area (TPSA) is 30.0 Å². The van der Waals surface area contributed by atoms with E-state index in [9.17, 15) is 4.79 Å². The van der Waals surface area contributed by atoms with Gasteiger partial charge in [-0.15, -0.1) is 23.1 Å². The first kappa shape index (κ1) is 10.1. The van der Waals surface area contributed by atoms with Crippen molar-refractivity contribution >= 4 is 49.2 Å². The van der Waals surface area contributed by atoms with Crippen molar-refractivity contribution in [1.82, 2.24) is 4.98 Å². The summed E-state index contributed by atoms with van der Waals surface area (Å²) in [4.78, 5) is 16.7. The first-order valence-corrected chi connectivity index (χ1v) is 6.68. The molecule has 2 heterocycles. The fourth-order valence-corrected chi connectivity index (χ4v) is 3.09. The molecule has 2 rings (SSSR count). The van der Waals surface area contributed by atoms with Crippen molar-refractivity contribution < 1.29 is 0 Å². The molecule has 0 fully saturated rings. The van der Waals surface area contributed by atoms with Crippen molar-refractivity contribution in [2.75, 3.05) is 6.26 Å². The van der Waals surface area contributed by atoms with E-state index in [1.54, 1.807) is 30.0 Å². The Morgan fingerprint density at radius 2 is 2.29 bits per heavy atom. The normalized spacial score (nSPS) is 10.7. The average molecular weight is 288 g/mol. The van der Waals surface area contributed by atoms with Gasteiger partial charge in [0.1, 0.15) is 9.43 Å². The number of pyridine rings is 1. The molecular formula is C9H6BrNOS2. The summed E-state index contributed by atoms with van der Waals surface area (Å²) in [5, 5.41) is 0.691. The van der Waals surface area contributed by atoms with Crippen molar-refractivity contribution in [3.8, 4) is 0 Å². The molecule has 2 aromatic heterocycles. The highest BCUT2D eigenvalue weighted by Gasteiger charge is 2.03. The Kier molecular flexibility index (Phi) is 2.90. The Hall–Kier alpha value is -0.390. The molecule has 5 heteroatoms.